The summed E-state index contributed by atoms with van der Waals surface area (Å²) in [6, 6.07) is 0. The average molecular weight is 455 g/mol. The molecule has 0 aromatic carbocycles. The van der Waals surface area contributed by atoms with Crippen molar-refractivity contribution in [2.24, 2.45) is 0 Å². The molecule has 154 valence electrons. The van der Waals surface area contributed by atoms with Crippen LogP contribution in [0.1, 0.15) is 14.9 Å². The normalized spacial score (nSPS) is 13.4. The summed E-state index contributed by atoms with van der Waals surface area (Å²) in [5.41, 5.74) is 0. The van der Waals surface area contributed by atoms with Crippen LogP contribution in [0.4, 0.5) is 0 Å². The van der Waals surface area contributed by atoms with Gasteiger partial charge in [0.15, 0.2) is 26.1 Å². The second-order valence-corrected chi connectivity index (χ2v) is 26.2. The smallest absolute Gasteiger partial charge is 0.312 e. The van der Waals surface area contributed by atoms with Gasteiger partial charge in [0.1, 0.15) is 0 Å². The molecule has 0 aliphatic carbocycles. The highest BCUT2D eigenvalue weighted by molar-refractivity contribution is 7.68. The van der Waals surface area contributed by atoms with E-state index in [9.17, 15) is 0 Å². The molecule has 0 saturated heterocycles. The lowest BCUT2D eigenvalue weighted by Crippen LogP contribution is -2.49. The molecule has 24 heavy (non-hydrogen) atoms. The monoisotopic (exact) mass is 454 g/mol. The van der Waals surface area contributed by atoms with E-state index < -0.39 is 43.9 Å². The molecule has 0 heterocycles. The Balaban J connectivity index is -0.000000131. The highest BCUT2D eigenvalue weighted by atomic mass is 31.3. The van der Waals surface area contributed by atoms with Gasteiger partial charge >= 0.3 is 8.56 Å². The summed E-state index contributed by atoms with van der Waals surface area (Å²) in [6.07, 6.45) is 0. The summed E-state index contributed by atoms with van der Waals surface area (Å²) in [5, 5.41) is 7.00. The highest BCUT2D eigenvalue weighted by Crippen LogP contribution is 2.17. The van der Waals surface area contributed by atoms with E-state index in [1.54, 1.807) is 0 Å². The summed E-state index contributed by atoms with van der Waals surface area (Å²) in [6.45, 7) is 21.6. The van der Waals surface area contributed by atoms with Crippen LogP contribution in [-0.4, -0.2) is 67.6 Å². The minimum Gasteiger partial charge on any atom is -0.439 e. The van der Waals surface area contributed by atoms with Gasteiger partial charge in [0.25, 0.3) is 9.28 Å². The summed E-state index contributed by atoms with van der Waals surface area (Å²) in [7, 11) is -5.18. The minimum absolute atomic E-state index is 0. The molecule has 0 amide bonds. The third-order valence-electron chi connectivity index (χ3n) is 1.68. The van der Waals surface area contributed by atoms with E-state index >= 15 is 0 Å². The van der Waals surface area contributed by atoms with E-state index in [0.717, 1.165) is 15.2 Å². The van der Waals surface area contributed by atoms with Gasteiger partial charge in [-0.15, -0.1) is 8.13 Å². The van der Waals surface area contributed by atoms with E-state index in [0.29, 0.717) is 0 Å². The van der Waals surface area contributed by atoms with Crippen molar-refractivity contribution in [1.82, 2.24) is 0 Å². The number of aliphatic hydroxyl groups excluding tert-OH is 1. The molecule has 0 spiro atoms. The first-order chi connectivity index (χ1) is 9.72. The Morgan fingerprint density at radius 3 is 1.38 bits per heavy atom. The van der Waals surface area contributed by atoms with Gasteiger partial charge in [-0.1, -0.05) is 14.9 Å². The Hall–Kier alpha value is 1.31. The van der Waals surface area contributed by atoms with Gasteiger partial charge < -0.3 is 22.2 Å². The first kappa shape index (κ1) is 36.3. The van der Waals surface area contributed by atoms with Crippen molar-refractivity contribution in [2.45, 2.75) is 73.8 Å². The third-order valence-corrected chi connectivity index (χ3v) is 15.1. The van der Waals surface area contributed by atoms with E-state index in [2.05, 4.69) is 58.9 Å². The Kier molecular flexibility index (Phi) is 26.8. The van der Waals surface area contributed by atoms with Crippen LogP contribution in [0.25, 0.3) is 0 Å². The molecule has 0 aromatic heterocycles. The SMILES string of the molecule is C.C.CO.CP[SiH2]O.C[SiH](O[Si](C)(C)C)O[Si](C)(C)O[Si](C)(C)C. The van der Waals surface area contributed by atoms with Crippen molar-refractivity contribution < 1.29 is 22.2 Å². The molecular formula is C13H47O5PSi5. The van der Waals surface area contributed by atoms with Gasteiger partial charge in [0, 0.05) is 7.11 Å². The number of hydrogen-bond donors (Lipinski definition) is 2. The molecule has 0 radical (unpaired) electrons. The first-order valence-corrected chi connectivity index (χ1v) is 23.7. The van der Waals surface area contributed by atoms with Gasteiger partial charge in [-0.2, -0.15) is 0 Å². The minimum atomic E-state index is -1.98. The molecule has 0 saturated carbocycles. The standard InChI is InChI=1S/C9H28O3Si4.CH7OPSi.CH4O.2CH4/c1-13(10-14(2,3)4)11-16(8,9)12-15(5,6)7;1-3-4-2;1-2;;/h13H,1-9H3;2-3H,4H2,1H3;2H,1H3;2*1H4. The zero-order valence-electron chi connectivity index (χ0n) is 16.4. The fraction of sp³-hybridized carbons (Fsp3) is 1.00. The fourth-order valence-electron chi connectivity index (χ4n) is 1.68. The van der Waals surface area contributed by atoms with E-state index in [1.165, 1.54) is 0 Å². The summed E-state index contributed by atoms with van der Waals surface area (Å²) in [5.74, 6) is 0. The molecule has 5 nitrogen and oxygen atoms in total. The van der Waals surface area contributed by atoms with E-state index in [4.69, 9.17) is 22.2 Å². The molecule has 2 N–H and O–H groups in total. The molecule has 2 unspecified atom stereocenters. The van der Waals surface area contributed by atoms with Gasteiger partial charge in [0.2, 0.25) is 0 Å². The number of aliphatic hydroxyl groups is 1. The predicted octanol–water partition coefficient (Wildman–Crippen LogP) is 3.42. The Labute approximate surface area is 161 Å². The first-order valence-electron chi connectivity index (χ1n) is 7.48. The van der Waals surface area contributed by atoms with Crippen molar-refractivity contribution in [3.8, 4) is 0 Å². The van der Waals surface area contributed by atoms with Crippen LogP contribution in [0.2, 0.25) is 58.9 Å². The van der Waals surface area contributed by atoms with Crippen LogP contribution in [0.15, 0.2) is 0 Å². The van der Waals surface area contributed by atoms with Crippen LogP contribution in [0, 0.1) is 0 Å². The Bertz CT molecular complexity index is 258. The second kappa shape index (κ2) is 17.7. The van der Waals surface area contributed by atoms with Crippen LogP contribution < -0.4 is 0 Å². The van der Waals surface area contributed by atoms with Gasteiger partial charge in [-0.05, 0) is 65.6 Å². The van der Waals surface area contributed by atoms with E-state index in [-0.39, 0.29) is 14.9 Å². The molecule has 0 aliphatic rings. The summed E-state index contributed by atoms with van der Waals surface area (Å²) in [4.78, 5) is 8.03. The summed E-state index contributed by atoms with van der Waals surface area (Å²) < 4.78 is 18.2. The Morgan fingerprint density at radius 2 is 1.17 bits per heavy atom. The number of rotatable bonds is 7. The molecule has 0 aromatic rings. The van der Waals surface area contributed by atoms with Crippen molar-refractivity contribution in [1.29, 1.82) is 0 Å². The zero-order valence-corrected chi connectivity index (χ0v) is 23.0. The van der Waals surface area contributed by atoms with Crippen LogP contribution in [0.5, 0.6) is 0 Å². The maximum absolute atomic E-state index is 8.03. The van der Waals surface area contributed by atoms with Crippen LogP contribution in [-0.2, 0) is 12.3 Å². The maximum Gasteiger partial charge on any atom is 0.312 e. The number of hydrogen-bond acceptors (Lipinski definition) is 5. The lowest BCUT2D eigenvalue weighted by molar-refractivity contribution is 0.352. The van der Waals surface area contributed by atoms with Crippen LogP contribution in [0.3, 0.4) is 0 Å². The van der Waals surface area contributed by atoms with Crippen molar-refractivity contribution in [3.63, 3.8) is 0 Å². The Morgan fingerprint density at radius 1 is 0.833 bits per heavy atom. The van der Waals surface area contributed by atoms with Crippen molar-refractivity contribution >= 4 is 52.0 Å². The van der Waals surface area contributed by atoms with Gasteiger partial charge in [-0.25, -0.2) is 0 Å². The zero-order chi connectivity index (χ0) is 18.6. The quantitative estimate of drug-likeness (QED) is 0.455. The average Bonchev–Trinajstić information content (AvgIpc) is 2.25. The van der Waals surface area contributed by atoms with Gasteiger partial charge in [0.05, 0.1) is 0 Å². The topological polar surface area (TPSA) is 68.2 Å². The largest absolute Gasteiger partial charge is 0.439 e. The molecule has 0 rings (SSSR count). The van der Waals surface area contributed by atoms with Crippen molar-refractivity contribution in [2.75, 3.05) is 13.8 Å². The van der Waals surface area contributed by atoms with E-state index in [1.807, 2.05) is 6.66 Å². The highest BCUT2D eigenvalue weighted by Gasteiger charge is 2.34. The molecule has 2 atom stereocenters. The molecule has 0 aliphatic heterocycles. The predicted molar refractivity (Wildman–Crippen MR) is 127 cm³/mol. The molecule has 11 heteroatoms. The second-order valence-electron chi connectivity index (χ2n) is 7.04. The summed E-state index contributed by atoms with van der Waals surface area (Å²) >= 11 is 0. The van der Waals surface area contributed by atoms with Gasteiger partial charge in [-0.3, -0.25) is 0 Å². The molecule has 0 fully saturated rings. The lowest BCUT2D eigenvalue weighted by Gasteiger charge is -2.34. The maximum atomic E-state index is 8.03. The van der Waals surface area contributed by atoms with Crippen LogP contribution >= 0.6 is 8.13 Å². The van der Waals surface area contributed by atoms with Crippen molar-refractivity contribution in [3.05, 3.63) is 0 Å². The molecule has 0 bridgehead atoms. The fourth-order valence-corrected chi connectivity index (χ4v) is 16.0. The molecular weight excluding hydrogens is 408 g/mol. The third kappa shape index (κ3) is 34.6. The lowest BCUT2D eigenvalue weighted by atomic mass is 11.8.